The summed E-state index contributed by atoms with van der Waals surface area (Å²) in [6.07, 6.45) is 1.79. The largest absolute Gasteiger partial charge is 0.454 e. The highest BCUT2D eigenvalue weighted by atomic mass is 32.2. The molecule has 0 aliphatic heterocycles. The second-order valence-electron chi connectivity index (χ2n) is 5.71. The van der Waals surface area contributed by atoms with Crippen LogP contribution in [-0.2, 0) is 14.6 Å². The van der Waals surface area contributed by atoms with Gasteiger partial charge in [-0.2, -0.15) is 0 Å². The average Bonchev–Trinajstić information content (AvgIpc) is 2.97. The van der Waals surface area contributed by atoms with Crippen LogP contribution in [0.4, 0.5) is 0 Å². The van der Waals surface area contributed by atoms with E-state index in [9.17, 15) is 18.4 Å². The number of rotatable bonds is 9. The van der Waals surface area contributed by atoms with Crippen LogP contribution < -0.4 is 15.0 Å². The summed E-state index contributed by atoms with van der Waals surface area (Å²) in [5, 5.41) is 17.1. The number of carbonyl (C=O) groups excluding carboxylic acids is 1. The summed E-state index contributed by atoms with van der Waals surface area (Å²) in [7, 11) is -4.17. The standard InChI is InChI=1S/C16H21N3O6S/c1-3-7-12(2)17-14(20)10-11-24-15-16(19(21)25-18-15)26(22,23)13-8-5-4-6-9-13/h4-6,8-9,12H,3,7,10-11H2,1-2H3,(H,17,20)/t12-/m0/s1. The van der Waals surface area contributed by atoms with Crippen molar-refractivity contribution in [3.8, 4) is 5.88 Å². The molecule has 1 aromatic heterocycles. The van der Waals surface area contributed by atoms with Crippen LogP contribution in [0.2, 0.25) is 0 Å². The third-order valence-corrected chi connectivity index (χ3v) is 5.28. The maximum Gasteiger partial charge on any atom is 0.414 e. The van der Waals surface area contributed by atoms with E-state index < -0.39 is 20.7 Å². The molecule has 142 valence electrons. The lowest BCUT2D eigenvalue weighted by molar-refractivity contribution is -0.832. The number of nitrogens with zero attached hydrogens (tertiary/aromatic N) is 2. The van der Waals surface area contributed by atoms with E-state index in [4.69, 9.17) is 4.74 Å². The Bertz CT molecular complexity index is 835. The quantitative estimate of drug-likeness (QED) is 0.645. The van der Waals surface area contributed by atoms with Crippen molar-refractivity contribution in [2.45, 2.75) is 49.1 Å². The smallest absolute Gasteiger partial charge is 0.414 e. The number of amides is 1. The van der Waals surface area contributed by atoms with E-state index in [1.807, 2.05) is 13.8 Å². The molecule has 0 saturated carbocycles. The van der Waals surface area contributed by atoms with Crippen LogP contribution in [0.3, 0.4) is 0 Å². The van der Waals surface area contributed by atoms with Crippen molar-refractivity contribution in [3.05, 3.63) is 35.5 Å². The normalized spacial score (nSPS) is 12.5. The first-order chi connectivity index (χ1) is 12.4. The minimum atomic E-state index is -4.17. The van der Waals surface area contributed by atoms with Crippen molar-refractivity contribution in [2.75, 3.05) is 6.61 Å². The van der Waals surface area contributed by atoms with Crippen LogP contribution in [0.25, 0.3) is 0 Å². The zero-order chi connectivity index (χ0) is 19.2. The van der Waals surface area contributed by atoms with Gasteiger partial charge in [0.05, 0.1) is 16.5 Å². The molecule has 0 spiro atoms. The van der Waals surface area contributed by atoms with E-state index in [1.165, 1.54) is 24.3 Å². The van der Waals surface area contributed by atoms with Crippen LogP contribution in [0.5, 0.6) is 5.88 Å². The van der Waals surface area contributed by atoms with Gasteiger partial charge in [0.15, 0.2) is 0 Å². The molecule has 26 heavy (non-hydrogen) atoms. The minimum Gasteiger partial charge on any atom is -0.454 e. The molecule has 0 aliphatic rings. The van der Waals surface area contributed by atoms with E-state index in [2.05, 4.69) is 15.1 Å². The monoisotopic (exact) mass is 383 g/mol. The second kappa shape index (κ2) is 8.65. The predicted octanol–water partition coefficient (Wildman–Crippen LogP) is 1.21. The Kier molecular flexibility index (Phi) is 6.56. The number of aromatic nitrogens is 2. The number of nitrogens with one attached hydrogen (secondary N) is 1. The van der Waals surface area contributed by atoms with Gasteiger partial charge in [-0.15, -0.1) is 0 Å². The Hall–Kier alpha value is -2.62. The van der Waals surface area contributed by atoms with Crippen molar-refractivity contribution in [1.29, 1.82) is 0 Å². The van der Waals surface area contributed by atoms with Gasteiger partial charge < -0.3 is 15.3 Å². The fraction of sp³-hybridized carbons (Fsp3) is 0.438. The summed E-state index contributed by atoms with van der Waals surface area (Å²) in [4.78, 5) is 11.5. The van der Waals surface area contributed by atoms with E-state index in [0.29, 0.717) is 0 Å². The van der Waals surface area contributed by atoms with E-state index in [0.717, 1.165) is 12.8 Å². The number of sulfone groups is 1. The van der Waals surface area contributed by atoms with Crippen molar-refractivity contribution in [1.82, 2.24) is 10.5 Å². The molecule has 0 aliphatic carbocycles. The predicted molar refractivity (Wildman–Crippen MR) is 90.0 cm³/mol. The Labute approximate surface area is 151 Å². The lowest BCUT2D eigenvalue weighted by atomic mass is 10.2. The topological polar surface area (TPSA) is 125 Å². The number of ether oxygens (including phenoxy) is 1. The Morgan fingerprint density at radius 1 is 1.38 bits per heavy atom. The maximum atomic E-state index is 12.6. The number of benzene rings is 1. The third kappa shape index (κ3) is 4.72. The molecule has 1 amide bonds. The number of carbonyl (C=O) groups is 1. The molecule has 1 N–H and O–H groups in total. The van der Waals surface area contributed by atoms with Crippen LogP contribution in [0.1, 0.15) is 33.1 Å². The first-order valence-electron chi connectivity index (χ1n) is 8.18. The number of hydrogen-bond donors (Lipinski definition) is 1. The lowest BCUT2D eigenvalue weighted by Crippen LogP contribution is -2.33. The van der Waals surface area contributed by atoms with Gasteiger partial charge >= 0.3 is 10.9 Å². The van der Waals surface area contributed by atoms with Crippen molar-refractivity contribution in [3.63, 3.8) is 0 Å². The molecule has 0 fully saturated rings. The Morgan fingerprint density at radius 3 is 2.73 bits per heavy atom. The molecular weight excluding hydrogens is 362 g/mol. The van der Waals surface area contributed by atoms with Gasteiger partial charge in [-0.3, -0.25) is 9.42 Å². The SMILES string of the molecule is CCC[C@H](C)NC(=O)CCOc1no[n+]([O-])c1S(=O)(=O)c1ccccc1. The Balaban J connectivity index is 2.06. The van der Waals surface area contributed by atoms with Gasteiger partial charge in [0.25, 0.3) is 9.84 Å². The highest BCUT2D eigenvalue weighted by Crippen LogP contribution is 2.24. The van der Waals surface area contributed by atoms with Gasteiger partial charge in [0, 0.05) is 6.04 Å². The first-order valence-corrected chi connectivity index (χ1v) is 9.66. The van der Waals surface area contributed by atoms with Crippen molar-refractivity contribution >= 4 is 15.7 Å². The van der Waals surface area contributed by atoms with Crippen LogP contribution in [-0.4, -0.2) is 32.1 Å². The molecule has 1 aromatic carbocycles. The fourth-order valence-corrected chi connectivity index (χ4v) is 3.63. The minimum absolute atomic E-state index is 0.00933. The van der Waals surface area contributed by atoms with Crippen molar-refractivity contribution in [2.24, 2.45) is 0 Å². The van der Waals surface area contributed by atoms with Gasteiger partial charge in [-0.1, -0.05) is 31.5 Å². The van der Waals surface area contributed by atoms with Crippen LogP contribution in [0.15, 0.2) is 44.9 Å². The van der Waals surface area contributed by atoms with Crippen molar-refractivity contribution < 1.29 is 27.5 Å². The third-order valence-electron chi connectivity index (χ3n) is 3.55. The number of hydrogen-bond acceptors (Lipinski definition) is 7. The first kappa shape index (κ1) is 19.7. The molecule has 0 saturated heterocycles. The zero-order valence-electron chi connectivity index (χ0n) is 14.5. The molecule has 10 heteroatoms. The Morgan fingerprint density at radius 2 is 2.08 bits per heavy atom. The lowest BCUT2D eigenvalue weighted by Gasteiger charge is -2.12. The van der Waals surface area contributed by atoms with E-state index in [-0.39, 0.29) is 34.8 Å². The highest BCUT2D eigenvalue weighted by molar-refractivity contribution is 7.91. The second-order valence-corrected chi connectivity index (χ2v) is 7.58. The molecule has 2 rings (SSSR count). The molecule has 1 atom stereocenters. The molecular formula is C16H21N3O6S. The van der Waals surface area contributed by atoms with Gasteiger partial charge in [0.1, 0.15) is 6.61 Å². The summed E-state index contributed by atoms with van der Waals surface area (Å²) in [6.45, 7) is 3.77. The van der Waals surface area contributed by atoms with Gasteiger partial charge in [-0.05, 0) is 30.4 Å². The molecule has 0 unspecified atom stereocenters. The molecule has 0 bridgehead atoms. The van der Waals surface area contributed by atoms with Crippen LogP contribution in [0, 0.1) is 5.21 Å². The van der Waals surface area contributed by atoms with Crippen LogP contribution >= 0.6 is 0 Å². The average molecular weight is 383 g/mol. The van der Waals surface area contributed by atoms with E-state index >= 15 is 0 Å². The summed E-state index contributed by atoms with van der Waals surface area (Å²) >= 11 is 0. The molecule has 1 heterocycles. The summed E-state index contributed by atoms with van der Waals surface area (Å²) in [6, 6.07) is 7.42. The fourth-order valence-electron chi connectivity index (χ4n) is 2.33. The van der Waals surface area contributed by atoms with E-state index in [1.54, 1.807) is 6.07 Å². The molecule has 0 radical (unpaired) electrons. The maximum absolute atomic E-state index is 12.6. The summed E-state index contributed by atoms with van der Waals surface area (Å²) in [5.74, 6) is -0.713. The highest BCUT2D eigenvalue weighted by Gasteiger charge is 2.35. The van der Waals surface area contributed by atoms with Gasteiger partial charge in [0.2, 0.25) is 5.91 Å². The van der Waals surface area contributed by atoms with Gasteiger partial charge in [-0.25, -0.2) is 8.42 Å². The summed E-state index contributed by atoms with van der Waals surface area (Å²) in [5.41, 5.74) is 0. The zero-order valence-corrected chi connectivity index (χ0v) is 15.4. The molecule has 9 nitrogen and oxygen atoms in total. The summed E-state index contributed by atoms with van der Waals surface area (Å²) < 4.78 is 34.7. The molecule has 2 aromatic rings.